The molecule has 2 rings (SSSR count). The molecule has 1 aromatic heterocycles. The molecule has 0 aliphatic carbocycles. The summed E-state index contributed by atoms with van der Waals surface area (Å²) in [6.07, 6.45) is 0.367. The number of nitrogens with zero attached hydrogens (tertiary/aromatic N) is 1. The Bertz CT molecular complexity index is 599. The van der Waals surface area contributed by atoms with E-state index in [2.05, 4.69) is 16.5 Å². The number of rotatable bonds is 4. The third-order valence-corrected chi connectivity index (χ3v) is 2.90. The first-order valence-electron chi connectivity index (χ1n) is 5.90. The number of carbonyl (C=O) groups excluding carboxylic acids is 1. The average molecular weight is 257 g/mol. The van der Waals surface area contributed by atoms with Crippen molar-refractivity contribution in [2.75, 3.05) is 7.11 Å². The fraction of sp³-hybridized carbons (Fsp3) is 0.200. The van der Waals surface area contributed by atoms with Crippen LogP contribution in [0.15, 0.2) is 47.0 Å². The first-order chi connectivity index (χ1) is 9.13. The van der Waals surface area contributed by atoms with Gasteiger partial charge in [0.25, 0.3) is 0 Å². The van der Waals surface area contributed by atoms with Crippen molar-refractivity contribution >= 4 is 5.97 Å². The predicted molar refractivity (Wildman–Crippen MR) is 71.5 cm³/mol. The van der Waals surface area contributed by atoms with Gasteiger partial charge in [-0.3, -0.25) is 0 Å². The van der Waals surface area contributed by atoms with E-state index in [4.69, 9.17) is 4.52 Å². The SMILES string of the molecule is C=C(Cc1c(-c2ccccc2)noc1C)C(=O)OC. The van der Waals surface area contributed by atoms with Crippen molar-refractivity contribution < 1.29 is 14.1 Å². The number of methoxy groups -OCH3 is 1. The molecule has 19 heavy (non-hydrogen) atoms. The van der Waals surface area contributed by atoms with Crippen LogP contribution >= 0.6 is 0 Å². The molecule has 0 unspecified atom stereocenters. The summed E-state index contributed by atoms with van der Waals surface area (Å²) in [7, 11) is 1.34. The standard InChI is InChI=1S/C15H15NO3/c1-10(15(17)18-3)9-13-11(2)19-16-14(13)12-7-5-4-6-8-12/h4-8H,1,9H2,2-3H3. The van der Waals surface area contributed by atoms with Gasteiger partial charge in [0, 0.05) is 23.1 Å². The van der Waals surface area contributed by atoms with Gasteiger partial charge in [0.2, 0.25) is 0 Å². The topological polar surface area (TPSA) is 52.3 Å². The van der Waals surface area contributed by atoms with Gasteiger partial charge in [0.05, 0.1) is 7.11 Å². The number of hydrogen-bond acceptors (Lipinski definition) is 4. The molecule has 0 amide bonds. The largest absolute Gasteiger partial charge is 0.466 e. The molecular formula is C15H15NO3. The van der Waals surface area contributed by atoms with E-state index in [1.54, 1.807) is 0 Å². The number of hydrogen-bond donors (Lipinski definition) is 0. The first kappa shape index (κ1) is 13.1. The Kier molecular flexibility index (Phi) is 3.80. The molecule has 1 heterocycles. The van der Waals surface area contributed by atoms with Gasteiger partial charge in [0.15, 0.2) is 0 Å². The Hall–Kier alpha value is -2.36. The Morgan fingerprint density at radius 2 is 2.05 bits per heavy atom. The second-order valence-electron chi connectivity index (χ2n) is 4.20. The summed E-state index contributed by atoms with van der Waals surface area (Å²) in [6, 6.07) is 9.68. The molecule has 0 aliphatic rings. The van der Waals surface area contributed by atoms with Crippen molar-refractivity contribution in [2.45, 2.75) is 13.3 Å². The number of ether oxygens (including phenoxy) is 1. The predicted octanol–water partition coefficient (Wildman–Crippen LogP) is 2.92. The molecule has 0 saturated carbocycles. The highest BCUT2D eigenvalue weighted by molar-refractivity contribution is 5.88. The molecule has 0 N–H and O–H groups in total. The molecule has 0 fully saturated rings. The third kappa shape index (κ3) is 2.73. The lowest BCUT2D eigenvalue weighted by molar-refractivity contribution is -0.136. The molecule has 0 saturated heterocycles. The van der Waals surface area contributed by atoms with Crippen LogP contribution in [0, 0.1) is 6.92 Å². The Labute approximate surface area is 111 Å². The number of benzene rings is 1. The highest BCUT2D eigenvalue weighted by Crippen LogP contribution is 2.27. The summed E-state index contributed by atoms with van der Waals surface area (Å²) in [4.78, 5) is 11.4. The molecule has 0 aliphatic heterocycles. The number of carbonyl (C=O) groups is 1. The van der Waals surface area contributed by atoms with Gasteiger partial charge < -0.3 is 9.26 Å². The number of aromatic nitrogens is 1. The lowest BCUT2D eigenvalue weighted by Gasteiger charge is -2.04. The fourth-order valence-electron chi connectivity index (χ4n) is 1.85. The van der Waals surface area contributed by atoms with Crippen LogP contribution in [0.3, 0.4) is 0 Å². The molecule has 0 bridgehead atoms. The maximum atomic E-state index is 11.4. The lowest BCUT2D eigenvalue weighted by atomic mass is 10.0. The van der Waals surface area contributed by atoms with Crippen LogP contribution in [0.5, 0.6) is 0 Å². The van der Waals surface area contributed by atoms with E-state index in [1.807, 2.05) is 37.3 Å². The molecule has 0 spiro atoms. The van der Waals surface area contributed by atoms with Gasteiger partial charge in [-0.25, -0.2) is 4.79 Å². The van der Waals surface area contributed by atoms with Gasteiger partial charge in [-0.1, -0.05) is 42.1 Å². The highest BCUT2D eigenvalue weighted by Gasteiger charge is 2.18. The zero-order valence-electron chi connectivity index (χ0n) is 11.0. The molecular weight excluding hydrogens is 242 g/mol. The summed E-state index contributed by atoms with van der Waals surface area (Å²) >= 11 is 0. The third-order valence-electron chi connectivity index (χ3n) is 2.90. The fourth-order valence-corrected chi connectivity index (χ4v) is 1.85. The summed E-state index contributed by atoms with van der Waals surface area (Å²) in [6.45, 7) is 5.55. The number of aryl methyl sites for hydroxylation is 1. The zero-order valence-corrected chi connectivity index (χ0v) is 11.0. The van der Waals surface area contributed by atoms with Crippen molar-refractivity contribution in [1.82, 2.24) is 5.16 Å². The maximum Gasteiger partial charge on any atom is 0.333 e. The molecule has 1 aromatic carbocycles. The van der Waals surface area contributed by atoms with E-state index in [0.717, 1.165) is 16.8 Å². The van der Waals surface area contributed by atoms with E-state index >= 15 is 0 Å². The van der Waals surface area contributed by atoms with Gasteiger partial charge in [0.1, 0.15) is 11.5 Å². The van der Waals surface area contributed by atoms with Crippen LogP contribution in [0.2, 0.25) is 0 Å². The lowest BCUT2D eigenvalue weighted by Crippen LogP contribution is -2.06. The molecule has 4 heteroatoms. The van der Waals surface area contributed by atoms with Crippen molar-refractivity contribution in [2.24, 2.45) is 0 Å². The average Bonchev–Trinajstić information content (AvgIpc) is 2.80. The second kappa shape index (κ2) is 5.52. The van der Waals surface area contributed by atoms with Crippen LogP contribution in [-0.4, -0.2) is 18.2 Å². The first-order valence-corrected chi connectivity index (χ1v) is 5.90. The molecule has 0 atom stereocenters. The summed E-state index contributed by atoms with van der Waals surface area (Å²) in [5.74, 6) is 0.267. The summed E-state index contributed by atoms with van der Waals surface area (Å²) in [5, 5.41) is 4.06. The maximum absolute atomic E-state index is 11.4. The minimum absolute atomic E-state index is 0.367. The van der Waals surface area contributed by atoms with Gasteiger partial charge in [-0.15, -0.1) is 0 Å². The summed E-state index contributed by atoms with van der Waals surface area (Å²) < 4.78 is 9.88. The summed E-state index contributed by atoms with van der Waals surface area (Å²) in [5.41, 5.74) is 2.93. The van der Waals surface area contributed by atoms with Gasteiger partial charge >= 0.3 is 5.97 Å². The monoisotopic (exact) mass is 257 g/mol. The van der Waals surface area contributed by atoms with Crippen LogP contribution in [0.4, 0.5) is 0 Å². The normalized spacial score (nSPS) is 10.2. The van der Waals surface area contributed by atoms with Crippen molar-refractivity contribution in [3.8, 4) is 11.3 Å². The Morgan fingerprint density at radius 3 is 2.68 bits per heavy atom. The zero-order chi connectivity index (χ0) is 13.8. The minimum atomic E-state index is -0.417. The Morgan fingerprint density at radius 1 is 1.37 bits per heavy atom. The van der Waals surface area contributed by atoms with E-state index in [9.17, 15) is 4.79 Å². The van der Waals surface area contributed by atoms with Crippen molar-refractivity contribution in [1.29, 1.82) is 0 Å². The van der Waals surface area contributed by atoms with Gasteiger partial charge in [-0.05, 0) is 6.92 Å². The second-order valence-corrected chi connectivity index (χ2v) is 4.20. The van der Waals surface area contributed by atoms with Crippen LogP contribution in [0.1, 0.15) is 11.3 Å². The molecule has 0 radical (unpaired) electrons. The number of esters is 1. The van der Waals surface area contributed by atoms with Crippen molar-refractivity contribution in [3.63, 3.8) is 0 Å². The van der Waals surface area contributed by atoms with E-state index in [1.165, 1.54) is 7.11 Å². The van der Waals surface area contributed by atoms with E-state index in [0.29, 0.717) is 17.8 Å². The van der Waals surface area contributed by atoms with Crippen LogP contribution in [0.25, 0.3) is 11.3 Å². The van der Waals surface area contributed by atoms with Crippen LogP contribution in [-0.2, 0) is 16.0 Å². The van der Waals surface area contributed by atoms with E-state index in [-0.39, 0.29) is 0 Å². The van der Waals surface area contributed by atoms with Crippen LogP contribution < -0.4 is 0 Å². The molecule has 98 valence electrons. The quantitative estimate of drug-likeness (QED) is 0.624. The minimum Gasteiger partial charge on any atom is -0.466 e. The Balaban J connectivity index is 2.34. The smallest absolute Gasteiger partial charge is 0.333 e. The van der Waals surface area contributed by atoms with Crippen molar-refractivity contribution in [3.05, 3.63) is 53.8 Å². The molecule has 4 nitrogen and oxygen atoms in total. The highest BCUT2D eigenvalue weighted by atomic mass is 16.5. The molecule has 2 aromatic rings. The van der Waals surface area contributed by atoms with E-state index < -0.39 is 5.97 Å². The van der Waals surface area contributed by atoms with Gasteiger partial charge in [-0.2, -0.15) is 0 Å².